The predicted octanol–water partition coefficient (Wildman–Crippen LogP) is 5.00. The number of amides is 3. The number of anilines is 1. The van der Waals surface area contributed by atoms with Crippen LogP contribution in [-0.2, 0) is 4.79 Å². The summed E-state index contributed by atoms with van der Waals surface area (Å²) >= 11 is 5.88. The van der Waals surface area contributed by atoms with E-state index >= 15 is 0 Å². The van der Waals surface area contributed by atoms with Crippen LogP contribution in [0.3, 0.4) is 0 Å². The molecule has 1 heterocycles. The largest absolute Gasteiger partial charge is 0.493 e. The van der Waals surface area contributed by atoms with Gasteiger partial charge in [-0.2, -0.15) is 0 Å². The molecule has 2 aromatic rings. The van der Waals surface area contributed by atoms with Gasteiger partial charge in [0.15, 0.2) is 0 Å². The molecule has 0 radical (unpaired) electrons. The Labute approximate surface area is 189 Å². The molecule has 2 aromatic carbocycles. The Hall–Kier alpha value is -2.73. The first-order valence-corrected chi connectivity index (χ1v) is 11.1. The molecule has 0 aliphatic carbocycles. The molecule has 1 fully saturated rings. The van der Waals surface area contributed by atoms with E-state index in [2.05, 4.69) is 31.3 Å². The summed E-state index contributed by atoms with van der Waals surface area (Å²) in [5, 5.41) is 3.50. The van der Waals surface area contributed by atoms with Crippen LogP contribution in [0.5, 0.6) is 5.75 Å². The van der Waals surface area contributed by atoms with E-state index in [0.717, 1.165) is 12.2 Å². The fourth-order valence-corrected chi connectivity index (χ4v) is 3.59. The van der Waals surface area contributed by atoms with E-state index in [4.69, 9.17) is 16.3 Å². The van der Waals surface area contributed by atoms with Gasteiger partial charge in [-0.1, -0.05) is 37.6 Å². The molecule has 1 aliphatic rings. The predicted molar refractivity (Wildman–Crippen MR) is 124 cm³/mol. The van der Waals surface area contributed by atoms with Crippen LogP contribution in [0.4, 0.5) is 10.5 Å². The van der Waals surface area contributed by atoms with E-state index in [0.29, 0.717) is 55.8 Å². The van der Waals surface area contributed by atoms with E-state index in [9.17, 15) is 9.59 Å². The summed E-state index contributed by atoms with van der Waals surface area (Å²) < 4.78 is 5.74. The average molecular weight is 444 g/mol. The number of rotatable bonds is 6. The number of nitrogens with one attached hydrogen (secondary N) is 1. The maximum Gasteiger partial charge on any atom is 0.321 e. The number of carbonyl (C=O) groups excluding carboxylic acids is 2. The molecule has 1 N–H and O–H groups in total. The summed E-state index contributed by atoms with van der Waals surface area (Å²) in [7, 11) is 0. The van der Waals surface area contributed by atoms with Gasteiger partial charge in [0.2, 0.25) is 5.91 Å². The van der Waals surface area contributed by atoms with Gasteiger partial charge < -0.3 is 19.9 Å². The van der Waals surface area contributed by atoms with Gasteiger partial charge in [0, 0.05) is 36.9 Å². The zero-order valence-corrected chi connectivity index (χ0v) is 18.9. The minimum absolute atomic E-state index is 0.0544. The third kappa shape index (κ3) is 6.89. The molecule has 0 atom stereocenters. The van der Waals surface area contributed by atoms with Crippen molar-refractivity contribution >= 4 is 29.2 Å². The number of benzene rings is 2. The molecule has 0 bridgehead atoms. The number of carbonyl (C=O) groups is 2. The molecule has 31 heavy (non-hydrogen) atoms. The molecule has 0 aromatic heterocycles. The number of ether oxygens (including phenoxy) is 1. The monoisotopic (exact) mass is 443 g/mol. The highest BCUT2D eigenvalue weighted by Crippen LogP contribution is 2.19. The zero-order valence-electron chi connectivity index (χ0n) is 18.1. The molecule has 0 spiro atoms. The minimum atomic E-state index is -0.162. The molecule has 7 heteroatoms. The van der Waals surface area contributed by atoms with Crippen molar-refractivity contribution in [1.29, 1.82) is 0 Å². The Morgan fingerprint density at radius 2 is 1.61 bits per heavy atom. The molecule has 3 amide bonds. The fourth-order valence-electron chi connectivity index (χ4n) is 3.47. The lowest BCUT2D eigenvalue weighted by Gasteiger charge is -2.22. The average Bonchev–Trinajstić information content (AvgIpc) is 3.02. The summed E-state index contributed by atoms with van der Waals surface area (Å²) in [4.78, 5) is 28.7. The smallest absolute Gasteiger partial charge is 0.321 e. The molecule has 166 valence electrons. The van der Waals surface area contributed by atoms with Crippen LogP contribution >= 0.6 is 11.6 Å². The Morgan fingerprint density at radius 3 is 2.29 bits per heavy atom. The lowest BCUT2D eigenvalue weighted by molar-refractivity contribution is -0.131. The van der Waals surface area contributed by atoms with Gasteiger partial charge in [0.25, 0.3) is 0 Å². The third-order valence-corrected chi connectivity index (χ3v) is 5.61. The molecular formula is C24H30ClN3O3. The number of hydrogen-bond acceptors (Lipinski definition) is 3. The van der Waals surface area contributed by atoms with Gasteiger partial charge in [0.1, 0.15) is 5.75 Å². The zero-order chi connectivity index (χ0) is 22.2. The van der Waals surface area contributed by atoms with Crippen LogP contribution in [0, 0.1) is 0 Å². The van der Waals surface area contributed by atoms with E-state index < -0.39 is 0 Å². The number of urea groups is 1. The Balaban J connectivity index is 1.42. The summed E-state index contributed by atoms with van der Waals surface area (Å²) in [6, 6.07) is 14.9. The van der Waals surface area contributed by atoms with Crippen molar-refractivity contribution in [2.24, 2.45) is 0 Å². The Morgan fingerprint density at radius 1 is 0.968 bits per heavy atom. The standard InChI is InChI=1S/C24H30ClN3O3/c1-18(2)19-4-10-22(11-5-19)31-17-12-23(29)27-13-3-14-28(16-15-27)24(30)26-21-8-6-20(25)7-9-21/h4-11,18H,3,12-17H2,1-2H3,(H,26,30). The Bertz CT molecular complexity index is 869. The number of halogens is 1. The molecule has 0 unspecified atom stereocenters. The molecule has 1 aliphatic heterocycles. The highest BCUT2D eigenvalue weighted by Gasteiger charge is 2.22. The van der Waals surface area contributed by atoms with Crippen LogP contribution < -0.4 is 10.1 Å². The van der Waals surface area contributed by atoms with Gasteiger partial charge in [0.05, 0.1) is 13.0 Å². The SMILES string of the molecule is CC(C)c1ccc(OCCC(=O)N2CCCN(C(=O)Nc3ccc(Cl)cc3)CC2)cc1. The van der Waals surface area contributed by atoms with Crippen LogP contribution in [-0.4, -0.2) is 54.5 Å². The van der Waals surface area contributed by atoms with Crippen LogP contribution in [0.1, 0.15) is 38.2 Å². The van der Waals surface area contributed by atoms with Crippen molar-refractivity contribution in [2.45, 2.75) is 32.6 Å². The van der Waals surface area contributed by atoms with Crippen molar-refractivity contribution in [3.63, 3.8) is 0 Å². The van der Waals surface area contributed by atoms with Gasteiger partial charge in [-0.25, -0.2) is 4.79 Å². The van der Waals surface area contributed by atoms with Gasteiger partial charge in [-0.15, -0.1) is 0 Å². The highest BCUT2D eigenvalue weighted by molar-refractivity contribution is 6.30. The van der Waals surface area contributed by atoms with Crippen molar-refractivity contribution in [2.75, 3.05) is 38.1 Å². The van der Waals surface area contributed by atoms with E-state index in [1.54, 1.807) is 29.2 Å². The van der Waals surface area contributed by atoms with E-state index in [1.807, 2.05) is 17.0 Å². The lowest BCUT2D eigenvalue weighted by Crippen LogP contribution is -2.39. The summed E-state index contributed by atoms with van der Waals surface area (Å²) in [5.41, 5.74) is 1.96. The molecule has 3 rings (SSSR count). The first-order chi connectivity index (χ1) is 14.9. The molecule has 0 saturated carbocycles. The lowest BCUT2D eigenvalue weighted by atomic mass is 10.0. The van der Waals surface area contributed by atoms with Gasteiger partial charge in [-0.3, -0.25) is 4.79 Å². The third-order valence-electron chi connectivity index (χ3n) is 5.36. The second-order valence-corrected chi connectivity index (χ2v) is 8.42. The second kappa shape index (κ2) is 11.0. The van der Waals surface area contributed by atoms with E-state index in [1.165, 1.54) is 5.56 Å². The Kier molecular flexibility index (Phi) is 8.18. The minimum Gasteiger partial charge on any atom is -0.493 e. The van der Waals surface area contributed by atoms with Crippen molar-refractivity contribution in [1.82, 2.24) is 9.80 Å². The maximum absolute atomic E-state index is 12.6. The summed E-state index contributed by atoms with van der Waals surface area (Å²) in [6.07, 6.45) is 1.07. The molecule has 6 nitrogen and oxygen atoms in total. The van der Waals surface area contributed by atoms with Gasteiger partial charge >= 0.3 is 6.03 Å². The van der Waals surface area contributed by atoms with Gasteiger partial charge in [-0.05, 0) is 54.3 Å². The molecular weight excluding hydrogens is 414 g/mol. The highest BCUT2D eigenvalue weighted by atomic mass is 35.5. The topological polar surface area (TPSA) is 61.9 Å². The van der Waals surface area contributed by atoms with Crippen molar-refractivity contribution in [3.8, 4) is 5.75 Å². The molecule has 1 saturated heterocycles. The van der Waals surface area contributed by atoms with Crippen molar-refractivity contribution < 1.29 is 14.3 Å². The van der Waals surface area contributed by atoms with Crippen LogP contribution in [0.2, 0.25) is 5.02 Å². The summed E-state index contributed by atoms with van der Waals surface area (Å²) in [6.45, 7) is 6.93. The van der Waals surface area contributed by atoms with E-state index in [-0.39, 0.29) is 11.9 Å². The van der Waals surface area contributed by atoms with Crippen LogP contribution in [0.15, 0.2) is 48.5 Å². The maximum atomic E-state index is 12.6. The van der Waals surface area contributed by atoms with Crippen LogP contribution in [0.25, 0.3) is 0 Å². The van der Waals surface area contributed by atoms with Crippen molar-refractivity contribution in [3.05, 3.63) is 59.1 Å². The quantitative estimate of drug-likeness (QED) is 0.683. The summed E-state index contributed by atoms with van der Waals surface area (Å²) in [5.74, 6) is 1.31. The first kappa shape index (κ1) is 22.9. The number of hydrogen-bond donors (Lipinski definition) is 1. The second-order valence-electron chi connectivity index (χ2n) is 7.98. The normalized spacial score (nSPS) is 14.3. The fraction of sp³-hybridized carbons (Fsp3) is 0.417. The number of nitrogens with zero attached hydrogens (tertiary/aromatic N) is 2. The first-order valence-electron chi connectivity index (χ1n) is 10.7.